The number of aromatic nitrogens is 2. The summed E-state index contributed by atoms with van der Waals surface area (Å²) in [5.74, 6) is 1.09. The highest BCUT2D eigenvalue weighted by Gasteiger charge is 2.08. The molecule has 1 aromatic rings. The summed E-state index contributed by atoms with van der Waals surface area (Å²) in [6.45, 7) is 7.30. The van der Waals surface area contributed by atoms with E-state index in [2.05, 4.69) is 54.8 Å². The Labute approximate surface area is 98.7 Å². The van der Waals surface area contributed by atoms with Gasteiger partial charge in [0.1, 0.15) is 5.82 Å². The quantitative estimate of drug-likeness (QED) is 0.790. The maximum atomic E-state index is 4.58. The first-order valence-corrected chi connectivity index (χ1v) is 5.90. The summed E-state index contributed by atoms with van der Waals surface area (Å²) in [6.07, 6.45) is 0.974. The van der Waals surface area contributed by atoms with Crippen molar-refractivity contribution in [3.8, 4) is 0 Å². The van der Waals surface area contributed by atoms with E-state index in [-0.39, 0.29) is 0 Å². The highest BCUT2D eigenvalue weighted by Crippen LogP contribution is 2.07. The van der Waals surface area contributed by atoms with Gasteiger partial charge in [0.25, 0.3) is 0 Å². The summed E-state index contributed by atoms with van der Waals surface area (Å²) in [7, 11) is 6.34. The van der Waals surface area contributed by atoms with Crippen LogP contribution >= 0.6 is 0 Å². The van der Waals surface area contributed by atoms with Crippen LogP contribution < -0.4 is 0 Å². The van der Waals surface area contributed by atoms with Gasteiger partial charge in [0, 0.05) is 31.7 Å². The van der Waals surface area contributed by atoms with Gasteiger partial charge in [-0.2, -0.15) is 0 Å². The number of aryl methyl sites for hydroxylation is 2. The second-order valence-electron chi connectivity index (χ2n) is 4.65. The lowest BCUT2D eigenvalue weighted by Gasteiger charge is -2.18. The Hall–Kier alpha value is -0.870. The average Bonchev–Trinajstić information content (AvgIpc) is 2.57. The minimum Gasteiger partial charge on any atom is -0.346 e. The molecule has 0 spiro atoms. The van der Waals surface area contributed by atoms with Crippen molar-refractivity contribution in [1.29, 1.82) is 0 Å². The Kier molecular flexibility index (Phi) is 4.96. The number of hydrogen-bond donors (Lipinski definition) is 1. The van der Waals surface area contributed by atoms with E-state index in [1.54, 1.807) is 0 Å². The maximum absolute atomic E-state index is 4.58. The van der Waals surface area contributed by atoms with Crippen LogP contribution in [0.2, 0.25) is 0 Å². The maximum Gasteiger partial charge on any atom is 0.106 e. The van der Waals surface area contributed by atoms with Crippen LogP contribution in [0.4, 0.5) is 0 Å². The largest absolute Gasteiger partial charge is 0.346 e. The predicted molar refractivity (Wildman–Crippen MR) is 67.6 cm³/mol. The van der Waals surface area contributed by atoms with Gasteiger partial charge < -0.3 is 9.88 Å². The Bertz CT molecular complexity index is 317. The van der Waals surface area contributed by atoms with E-state index < -0.39 is 0 Å². The second kappa shape index (κ2) is 6.01. The first-order valence-electron chi connectivity index (χ1n) is 5.90. The van der Waals surface area contributed by atoms with Gasteiger partial charge in [0.2, 0.25) is 0 Å². The van der Waals surface area contributed by atoms with E-state index in [4.69, 9.17) is 0 Å². The Morgan fingerprint density at radius 3 is 2.38 bits per heavy atom. The number of likely N-dealkylation sites (N-methyl/N-ethyl adjacent to an activating group) is 2. The van der Waals surface area contributed by atoms with Crippen molar-refractivity contribution in [2.45, 2.75) is 26.8 Å². The third kappa shape index (κ3) is 3.94. The minimum absolute atomic E-state index is 0.927. The van der Waals surface area contributed by atoms with E-state index in [1.165, 1.54) is 11.4 Å². The van der Waals surface area contributed by atoms with Gasteiger partial charge >= 0.3 is 0 Å². The molecule has 4 heteroatoms. The third-order valence-corrected chi connectivity index (χ3v) is 2.72. The average molecular weight is 224 g/mol. The summed E-state index contributed by atoms with van der Waals surface area (Å²) < 4.78 is 0. The molecule has 0 fully saturated rings. The van der Waals surface area contributed by atoms with Crippen LogP contribution in [0.3, 0.4) is 0 Å². The molecule has 0 aromatic carbocycles. The zero-order chi connectivity index (χ0) is 12.1. The molecule has 16 heavy (non-hydrogen) atoms. The molecule has 92 valence electrons. The molecular formula is C12H24N4. The summed E-state index contributed by atoms with van der Waals surface area (Å²) in [5.41, 5.74) is 2.38. The molecule has 0 bridgehead atoms. The monoisotopic (exact) mass is 224 g/mol. The molecular weight excluding hydrogens is 200 g/mol. The summed E-state index contributed by atoms with van der Waals surface area (Å²) in [5, 5.41) is 0. The number of imidazole rings is 1. The third-order valence-electron chi connectivity index (χ3n) is 2.72. The van der Waals surface area contributed by atoms with E-state index in [0.717, 1.165) is 31.9 Å². The molecule has 0 radical (unpaired) electrons. The van der Waals surface area contributed by atoms with Gasteiger partial charge in [-0.15, -0.1) is 0 Å². The molecule has 0 aliphatic heterocycles. The van der Waals surface area contributed by atoms with Crippen LogP contribution in [0.5, 0.6) is 0 Å². The number of nitrogens with one attached hydrogen (secondary N) is 1. The van der Waals surface area contributed by atoms with Crippen molar-refractivity contribution in [1.82, 2.24) is 19.8 Å². The van der Waals surface area contributed by atoms with Crippen molar-refractivity contribution in [2.75, 3.05) is 34.2 Å². The summed E-state index contributed by atoms with van der Waals surface area (Å²) >= 11 is 0. The first kappa shape index (κ1) is 13.2. The molecule has 0 amide bonds. The number of H-pyrrole nitrogens is 1. The molecule has 0 atom stereocenters. The smallest absolute Gasteiger partial charge is 0.106 e. The van der Waals surface area contributed by atoms with Crippen LogP contribution in [0.25, 0.3) is 0 Å². The molecule has 0 unspecified atom stereocenters. The minimum atomic E-state index is 0.927. The van der Waals surface area contributed by atoms with Gasteiger partial charge in [0.15, 0.2) is 0 Å². The predicted octanol–water partition coefficient (Wildman–Crippen LogP) is 1.27. The molecule has 1 N–H and O–H groups in total. The zero-order valence-electron chi connectivity index (χ0n) is 11.2. The lowest BCUT2D eigenvalue weighted by molar-refractivity contribution is 0.274. The molecule has 1 heterocycles. The van der Waals surface area contributed by atoms with Gasteiger partial charge in [-0.3, -0.25) is 4.90 Å². The zero-order valence-corrected chi connectivity index (χ0v) is 11.2. The lowest BCUT2D eigenvalue weighted by atomic mass is 10.3. The van der Waals surface area contributed by atoms with Crippen molar-refractivity contribution in [3.63, 3.8) is 0 Å². The highest BCUT2D eigenvalue weighted by molar-refractivity contribution is 5.12. The Balaban J connectivity index is 2.48. The van der Waals surface area contributed by atoms with Crippen LogP contribution in [0.1, 0.15) is 24.1 Å². The van der Waals surface area contributed by atoms with Gasteiger partial charge in [-0.05, 0) is 28.1 Å². The fraction of sp³-hybridized carbons (Fsp3) is 0.750. The molecule has 1 aromatic heterocycles. The lowest BCUT2D eigenvalue weighted by Crippen LogP contribution is -2.28. The van der Waals surface area contributed by atoms with Crippen LogP contribution in [-0.4, -0.2) is 54.0 Å². The number of aromatic amines is 1. The second-order valence-corrected chi connectivity index (χ2v) is 4.65. The molecule has 0 aliphatic rings. The van der Waals surface area contributed by atoms with Crippen molar-refractivity contribution >= 4 is 0 Å². The molecule has 4 nitrogen and oxygen atoms in total. The van der Waals surface area contributed by atoms with Crippen molar-refractivity contribution < 1.29 is 0 Å². The summed E-state index contributed by atoms with van der Waals surface area (Å²) in [4.78, 5) is 12.4. The van der Waals surface area contributed by atoms with Crippen LogP contribution in [-0.2, 0) is 13.0 Å². The fourth-order valence-electron chi connectivity index (χ4n) is 1.59. The van der Waals surface area contributed by atoms with Gasteiger partial charge in [0.05, 0.1) is 5.69 Å². The summed E-state index contributed by atoms with van der Waals surface area (Å²) in [6, 6.07) is 0. The highest BCUT2D eigenvalue weighted by atomic mass is 15.2. The SMILES string of the molecule is CCc1nc(CN(C)CCN(C)C)c(C)[nH]1. The van der Waals surface area contributed by atoms with Crippen LogP contribution in [0.15, 0.2) is 0 Å². The molecule has 0 saturated heterocycles. The van der Waals surface area contributed by atoms with Gasteiger partial charge in [-0.1, -0.05) is 6.92 Å². The standard InChI is InChI=1S/C12H24N4/c1-6-12-13-10(2)11(14-12)9-16(5)8-7-15(3)4/h6-9H2,1-5H3,(H,13,14). The first-order chi connectivity index (χ1) is 7.52. The fourth-order valence-corrected chi connectivity index (χ4v) is 1.59. The van der Waals surface area contributed by atoms with E-state index >= 15 is 0 Å². The molecule has 0 aliphatic carbocycles. The van der Waals surface area contributed by atoms with Gasteiger partial charge in [-0.25, -0.2) is 4.98 Å². The van der Waals surface area contributed by atoms with Crippen molar-refractivity contribution in [2.24, 2.45) is 0 Å². The number of hydrogen-bond acceptors (Lipinski definition) is 3. The van der Waals surface area contributed by atoms with E-state index in [9.17, 15) is 0 Å². The number of rotatable bonds is 6. The van der Waals surface area contributed by atoms with Crippen LogP contribution in [0, 0.1) is 6.92 Å². The molecule has 0 saturated carbocycles. The van der Waals surface area contributed by atoms with E-state index in [1.807, 2.05) is 0 Å². The van der Waals surface area contributed by atoms with E-state index in [0.29, 0.717) is 0 Å². The van der Waals surface area contributed by atoms with Crippen molar-refractivity contribution in [3.05, 3.63) is 17.2 Å². The molecule has 1 rings (SSSR count). The Morgan fingerprint density at radius 1 is 1.19 bits per heavy atom. The topological polar surface area (TPSA) is 35.2 Å². The number of nitrogens with zero attached hydrogens (tertiary/aromatic N) is 3. The Morgan fingerprint density at radius 2 is 1.88 bits per heavy atom. The normalized spacial score (nSPS) is 11.7.